The zero-order chi connectivity index (χ0) is 22.0. The van der Waals surface area contributed by atoms with Crippen LogP contribution in [-0.4, -0.2) is 37.1 Å². The quantitative estimate of drug-likeness (QED) is 0.635. The molecule has 7 nitrogen and oxygen atoms in total. The number of aromatic nitrogens is 1. The van der Waals surface area contributed by atoms with Gasteiger partial charge in [0.1, 0.15) is 11.5 Å². The summed E-state index contributed by atoms with van der Waals surface area (Å²) in [5.41, 5.74) is 2.85. The maximum Gasteiger partial charge on any atom is 0.227 e. The normalized spacial score (nSPS) is 16.0. The van der Waals surface area contributed by atoms with Crippen LogP contribution in [0.15, 0.2) is 48.5 Å². The van der Waals surface area contributed by atoms with E-state index < -0.39 is 5.92 Å². The van der Waals surface area contributed by atoms with Crippen molar-refractivity contribution in [3.8, 4) is 11.5 Å². The lowest BCUT2D eigenvalue weighted by atomic mass is 10.1. The van der Waals surface area contributed by atoms with Gasteiger partial charge in [0.2, 0.25) is 11.8 Å². The van der Waals surface area contributed by atoms with E-state index in [0.29, 0.717) is 30.3 Å². The number of hydrogen-bond donors (Lipinski definition) is 1. The summed E-state index contributed by atoms with van der Waals surface area (Å²) in [5.74, 6) is 0.579. The molecule has 2 aromatic carbocycles. The standard InChI is InChI=1S/C24H27N3O4/c1-4-26-18(11-16-7-5-6-8-20(16)26)14-25-24(29)17-12-23(28)27(15-17)21-10-9-19(30-2)13-22(21)31-3/h5-11,13,17H,4,12,14-15H2,1-3H3,(H,25,29)/t17-/m1/s1. The Kier molecular flexibility index (Phi) is 5.84. The SMILES string of the molecule is CCn1c(CNC(=O)[C@@H]2CC(=O)N(c3ccc(OC)cc3OC)C2)cc2ccccc21. The predicted molar refractivity (Wildman–Crippen MR) is 119 cm³/mol. The summed E-state index contributed by atoms with van der Waals surface area (Å²) in [4.78, 5) is 27.1. The summed E-state index contributed by atoms with van der Waals surface area (Å²) in [6.07, 6.45) is 0.178. The lowest BCUT2D eigenvalue weighted by Crippen LogP contribution is -2.33. The fourth-order valence-electron chi connectivity index (χ4n) is 4.23. The molecule has 1 saturated heterocycles. The van der Waals surface area contributed by atoms with E-state index >= 15 is 0 Å². The Labute approximate surface area is 181 Å². The van der Waals surface area contributed by atoms with Crippen LogP contribution in [-0.2, 0) is 22.7 Å². The number of amides is 2. The van der Waals surface area contributed by atoms with Crippen LogP contribution in [0, 0.1) is 5.92 Å². The van der Waals surface area contributed by atoms with E-state index in [1.165, 1.54) is 0 Å². The van der Waals surface area contributed by atoms with Crippen LogP contribution < -0.4 is 19.7 Å². The number of nitrogens with zero attached hydrogens (tertiary/aromatic N) is 2. The molecule has 1 aliphatic heterocycles. The number of rotatable bonds is 7. The number of aryl methyl sites for hydroxylation is 1. The molecule has 4 rings (SSSR count). The number of nitrogens with one attached hydrogen (secondary N) is 1. The molecule has 0 saturated carbocycles. The van der Waals surface area contributed by atoms with E-state index in [9.17, 15) is 9.59 Å². The van der Waals surface area contributed by atoms with Gasteiger partial charge in [0.15, 0.2) is 0 Å². The summed E-state index contributed by atoms with van der Waals surface area (Å²) < 4.78 is 12.9. The predicted octanol–water partition coefficient (Wildman–Crippen LogP) is 3.35. The molecule has 7 heteroatoms. The first-order valence-corrected chi connectivity index (χ1v) is 10.4. The van der Waals surface area contributed by atoms with Gasteiger partial charge in [-0.2, -0.15) is 0 Å². The lowest BCUT2D eigenvalue weighted by molar-refractivity contribution is -0.126. The molecule has 0 spiro atoms. The van der Waals surface area contributed by atoms with E-state index in [2.05, 4.69) is 35.0 Å². The van der Waals surface area contributed by atoms with Gasteiger partial charge in [-0.05, 0) is 36.6 Å². The van der Waals surface area contributed by atoms with E-state index in [1.807, 2.05) is 12.1 Å². The number of carbonyl (C=O) groups is 2. The minimum Gasteiger partial charge on any atom is -0.497 e. The van der Waals surface area contributed by atoms with Crippen LogP contribution in [0.3, 0.4) is 0 Å². The highest BCUT2D eigenvalue weighted by Crippen LogP contribution is 2.35. The molecular formula is C24H27N3O4. The highest BCUT2D eigenvalue weighted by atomic mass is 16.5. The largest absolute Gasteiger partial charge is 0.497 e. The first-order chi connectivity index (χ1) is 15.0. The number of ether oxygens (including phenoxy) is 2. The number of benzene rings is 2. The molecular weight excluding hydrogens is 394 g/mol. The molecule has 0 radical (unpaired) electrons. The average molecular weight is 421 g/mol. The van der Waals surface area contributed by atoms with Gasteiger partial charge < -0.3 is 24.3 Å². The van der Waals surface area contributed by atoms with Crippen molar-refractivity contribution in [2.75, 3.05) is 25.7 Å². The Morgan fingerprint density at radius 2 is 1.94 bits per heavy atom. The number of methoxy groups -OCH3 is 2. The van der Waals surface area contributed by atoms with Gasteiger partial charge in [-0.3, -0.25) is 9.59 Å². The zero-order valence-electron chi connectivity index (χ0n) is 18.1. The summed E-state index contributed by atoms with van der Waals surface area (Å²) >= 11 is 0. The van der Waals surface area contributed by atoms with E-state index in [1.54, 1.807) is 37.3 Å². The molecule has 2 heterocycles. The first-order valence-electron chi connectivity index (χ1n) is 10.4. The highest BCUT2D eigenvalue weighted by molar-refractivity contribution is 6.01. The second kappa shape index (κ2) is 8.71. The molecule has 1 N–H and O–H groups in total. The van der Waals surface area contributed by atoms with Gasteiger partial charge >= 0.3 is 0 Å². The molecule has 162 valence electrons. The minimum atomic E-state index is -0.404. The Balaban J connectivity index is 1.46. The summed E-state index contributed by atoms with van der Waals surface area (Å²) in [5, 5.41) is 4.18. The van der Waals surface area contributed by atoms with E-state index in [0.717, 1.165) is 23.1 Å². The van der Waals surface area contributed by atoms with Crippen molar-refractivity contribution in [1.29, 1.82) is 0 Å². The smallest absolute Gasteiger partial charge is 0.227 e. The van der Waals surface area contributed by atoms with Crippen LogP contribution >= 0.6 is 0 Å². The number of carbonyl (C=O) groups excluding carboxylic acids is 2. The first kappa shape index (κ1) is 20.8. The van der Waals surface area contributed by atoms with Crippen molar-refractivity contribution in [2.24, 2.45) is 5.92 Å². The average Bonchev–Trinajstić information content (AvgIpc) is 3.36. The van der Waals surface area contributed by atoms with E-state index in [-0.39, 0.29) is 18.2 Å². The molecule has 1 fully saturated rings. The summed E-state index contributed by atoms with van der Waals surface area (Å²) in [6.45, 7) is 3.67. The fourth-order valence-corrected chi connectivity index (χ4v) is 4.23. The topological polar surface area (TPSA) is 72.8 Å². The van der Waals surface area contributed by atoms with Gasteiger partial charge in [-0.25, -0.2) is 0 Å². The number of anilines is 1. The molecule has 1 atom stereocenters. The van der Waals surface area contributed by atoms with Gasteiger partial charge in [0.25, 0.3) is 0 Å². The minimum absolute atomic E-state index is 0.0914. The Morgan fingerprint density at radius 1 is 1.13 bits per heavy atom. The number of hydrogen-bond acceptors (Lipinski definition) is 4. The molecule has 3 aromatic rings. The van der Waals surface area contributed by atoms with Crippen LogP contribution in [0.4, 0.5) is 5.69 Å². The van der Waals surface area contributed by atoms with Crippen LogP contribution in [0.25, 0.3) is 10.9 Å². The molecule has 1 aromatic heterocycles. The lowest BCUT2D eigenvalue weighted by Gasteiger charge is -2.20. The zero-order valence-corrected chi connectivity index (χ0v) is 18.1. The maximum atomic E-state index is 12.9. The third kappa shape index (κ3) is 3.95. The number of fused-ring (bicyclic) bond motifs is 1. The maximum absolute atomic E-state index is 12.9. The van der Waals surface area contributed by atoms with Crippen molar-refractivity contribution in [3.05, 3.63) is 54.2 Å². The Morgan fingerprint density at radius 3 is 2.68 bits per heavy atom. The fraction of sp³-hybridized carbons (Fsp3) is 0.333. The second-order valence-corrected chi connectivity index (χ2v) is 7.60. The highest BCUT2D eigenvalue weighted by Gasteiger charge is 2.36. The molecule has 1 aliphatic rings. The molecule has 0 aliphatic carbocycles. The van der Waals surface area contributed by atoms with Crippen LogP contribution in [0.1, 0.15) is 19.0 Å². The van der Waals surface area contributed by atoms with Crippen molar-refractivity contribution < 1.29 is 19.1 Å². The molecule has 0 bridgehead atoms. The van der Waals surface area contributed by atoms with Crippen molar-refractivity contribution in [1.82, 2.24) is 9.88 Å². The van der Waals surface area contributed by atoms with Gasteiger partial charge in [0.05, 0.1) is 32.4 Å². The van der Waals surface area contributed by atoms with Crippen molar-refractivity contribution >= 4 is 28.4 Å². The Bertz CT molecular complexity index is 1120. The number of para-hydroxylation sites is 1. The summed E-state index contributed by atoms with van der Waals surface area (Å²) in [7, 11) is 3.13. The summed E-state index contributed by atoms with van der Waals surface area (Å²) in [6, 6.07) is 15.6. The Hall–Kier alpha value is -3.48. The second-order valence-electron chi connectivity index (χ2n) is 7.60. The molecule has 31 heavy (non-hydrogen) atoms. The van der Waals surface area contributed by atoms with Crippen LogP contribution in [0.5, 0.6) is 11.5 Å². The van der Waals surface area contributed by atoms with Gasteiger partial charge in [-0.15, -0.1) is 0 Å². The molecule has 2 amide bonds. The van der Waals surface area contributed by atoms with E-state index in [4.69, 9.17) is 9.47 Å². The molecule has 0 unspecified atom stereocenters. The third-order valence-electron chi connectivity index (χ3n) is 5.83. The van der Waals surface area contributed by atoms with Crippen molar-refractivity contribution in [2.45, 2.75) is 26.4 Å². The van der Waals surface area contributed by atoms with Gasteiger partial charge in [0, 0.05) is 36.8 Å². The third-order valence-corrected chi connectivity index (χ3v) is 5.83. The van der Waals surface area contributed by atoms with Crippen molar-refractivity contribution in [3.63, 3.8) is 0 Å². The monoisotopic (exact) mass is 421 g/mol. The van der Waals surface area contributed by atoms with Gasteiger partial charge in [-0.1, -0.05) is 18.2 Å². The van der Waals surface area contributed by atoms with Crippen LogP contribution in [0.2, 0.25) is 0 Å².